The number of amides is 1. The molecule has 98 valence electrons. The largest absolute Gasteiger partial charge is 0.409 e. The summed E-state index contributed by atoms with van der Waals surface area (Å²) in [7, 11) is 1.51. The molecule has 5 nitrogen and oxygen atoms in total. The predicted octanol–water partition coefficient (Wildman–Crippen LogP) is 1.02. The molecule has 0 radical (unpaired) electrons. The van der Waals surface area contributed by atoms with E-state index in [4.69, 9.17) is 10.9 Å². The van der Waals surface area contributed by atoms with Crippen LogP contribution >= 0.6 is 0 Å². The Morgan fingerprint density at radius 2 is 2.06 bits per heavy atom. The Labute approximate surface area is 98.3 Å². The van der Waals surface area contributed by atoms with Gasteiger partial charge in [-0.2, -0.15) is 0 Å². The Balaban J connectivity index is 2.48. The van der Waals surface area contributed by atoms with E-state index in [2.05, 4.69) is 5.16 Å². The molecule has 0 heterocycles. The number of rotatable bonds is 3. The van der Waals surface area contributed by atoms with Gasteiger partial charge in [-0.25, -0.2) is 8.78 Å². The fourth-order valence-corrected chi connectivity index (χ4v) is 1.95. The van der Waals surface area contributed by atoms with E-state index in [1.54, 1.807) is 0 Å². The van der Waals surface area contributed by atoms with E-state index in [0.717, 1.165) is 0 Å². The highest BCUT2D eigenvalue weighted by atomic mass is 19.3. The van der Waals surface area contributed by atoms with Gasteiger partial charge in [0.15, 0.2) is 5.84 Å². The molecule has 0 aliphatic heterocycles. The highest BCUT2D eigenvalue weighted by Gasteiger charge is 2.38. The second-order valence-electron chi connectivity index (χ2n) is 4.42. The molecule has 0 spiro atoms. The molecule has 0 atom stereocenters. The van der Waals surface area contributed by atoms with Gasteiger partial charge in [0.05, 0.1) is 6.54 Å². The zero-order chi connectivity index (χ0) is 13.1. The summed E-state index contributed by atoms with van der Waals surface area (Å²) in [5.74, 6) is -3.33. The molecule has 3 N–H and O–H groups in total. The van der Waals surface area contributed by atoms with Gasteiger partial charge < -0.3 is 15.8 Å². The maximum absolute atomic E-state index is 12.9. The van der Waals surface area contributed by atoms with Gasteiger partial charge in [0.25, 0.3) is 0 Å². The fraction of sp³-hybridized carbons (Fsp3) is 0.800. The van der Waals surface area contributed by atoms with Crippen LogP contribution in [0.15, 0.2) is 5.16 Å². The second kappa shape index (κ2) is 5.29. The average molecular weight is 249 g/mol. The van der Waals surface area contributed by atoms with Crippen molar-refractivity contribution >= 4 is 11.7 Å². The van der Waals surface area contributed by atoms with Gasteiger partial charge in [0.1, 0.15) is 0 Å². The van der Waals surface area contributed by atoms with Crippen molar-refractivity contribution in [2.24, 2.45) is 16.8 Å². The molecule has 1 rings (SSSR count). The van der Waals surface area contributed by atoms with Crippen LogP contribution in [0.5, 0.6) is 0 Å². The van der Waals surface area contributed by atoms with Gasteiger partial charge in [-0.05, 0) is 12.8 Å². The Bertz CT molecular complexity index is 311. The fourth-order valence-electron chi connectivity index (χ4n) is 1.95. The van der Waals surface area contributed by atoms with Crippen LogP contribution in [0.25, 0.3) is 0 Å². The zero-order valence-corrected chi connectivity index (χ0v) is 9.70. The van der Waals surface area contributed by atoms with Crippen molar-refractivity contribution in [3.63, 3.8) is 0 Å². The summed E-state index contributed by atoms with van der Waals surface area (Å²) >= 11 is 0. The summed E-state index contributed by atoms with van der Waals surface area (Å²) in [4.78, 5) is 13.1. The lowest BCUT2D eigenvalue weighted by Crippen LogP contribution is -2.41. The third-order valence-electron chi connectivity index (χ3n) is 2.97. The van der Waals surface area contributed by atoms with E-state index in [-0.39, 0.29) is 49.9 Å². The van der Waals surface area contributed by atoms with E-state index in [1.807, 2.05) is 0 Å². The van der Waals surface area contributed by atoms with Crippen LogP contribution in [-0.4, -0.2) is 41.4 Å². The molecule has 0 aromatic carbocycles. The summed E-state index contributed by atoms with van der Waals surface area (Å²) in [6.45, 7) is 0.00221. The maximum atomic E-state index is 12.9. The quantitative estimate of drug-likeness (QED) is 0.339. The lowest BCUT2D eigenvalue weighted by molar-refractivity contribution is -0.137. The standard InChI is InChI=1S/C10H17F2N3O2/c1-15(6-8(13)14-17)9(16)7-2-4-10(11,12)5-3-7/h7,17H,2-6H2,1H3,(H2,13,14). The number of amidine groups is 1. The first-order chi connectivity index (χ1) is 7.85. The Morgan fingerprint density at radius 3 is 2.53 bits per heavy atom. The third kappa shape index (κ3) is 3.83. The number of nitrogens with two attached hydrogens (primary N) is 1. The average Bonchev–Trinajstić information content (AvgIpc) is 2.27. The molecular weight excluding hydrogens is 232 g/mol. The maximum Gasteiger partial charge on any atom is 0.248 e. The van der Waals surface area contributed by atoms with Gasteiger partial charge in [0, 0.05) is 25.8 Å². The molecule has 0 saturated heterocycles. The molecule has 0 aromatic rings. The zero-order valence-electron chi connectivity index (χ0n) is 9.70. The van der Waals surface area contributed by atoms with Crippen molar-refractivity contribution in [3.05, 3.63) is 0 Å². The van der Waals surface area contributed by atoms with E-state index in [1.165, 1.54) is 11.9 Å². The number of hydrogen-bond acceptors (Lipinski definition) is 3. The number of carbonyl (C=O) groups excluding carboxylic acids is 1. The van der Waals surface area contributed by atoms with E-state index in [9.17, 15) is 13.6 Å². The lowest BCUT2D eigenvalue weighted by Gasteiger charge is -2.30. The minimum Gasteiger partial charge on any atom is -0.409 e. The number of alkyl halides is 2. The van der Waals surface area contributed by atoms with Crippen LogP contribution in [0.3, 0.4) is 0 Å². The summed E-state index contributed by atoms with van der Waals surface area (Å²) in [5.41, 5.74) is 5.27. The molecule has 0 unspecified atom stereocenters. The molecule has 1 aliphatic rings. The van der Waals surface area contributed by atoms with Crippen LogP contribution in [0, 0.1) is 5.92 Å². The normalized spacial score (nSPS) is 21.2. The van der Waals surface area contributed by atoms with Gasteiger partial charge in [-0.1, -0.05) is 5.16 Å². The van der Waals surface area contributed by atoms with Crippen molar-refractivity contribution in [1.29, 1.82) is 0 Å². The summed E-state index contributed by atoms with van der Waals surface area (Å²) in [6.07, 6.45) is -0.125. The molecule has 7 heteroatoms. The van der Waals surface area contributed by atoms with Crippen LogP contribution < -0.4 is 5.73 Å². The van der Waals surface area contributed by atoms with Gasteiger partial charge in [-0.15, -0.1) is 0 Å². The highest BCUT2D eigenvalue weighted by Crippen LogP contribution is 2.36. The first-order valence-electron chi connectivity index (χ1n) is 5.45. The molecular formula is C10H17F2N3O2. The van der Waals surface area contributed by atoms with E-state index < -0.39 is 5.92 Å². The van der Waals surface area contributed by atoms with Gasteiger partial charge in [-0.3, -0.25) is 4.79 Å². The van der Waals surface area contributed by atoms with Crippen molar-refractivity contribution in [2.75, 3.05) is 13.6 Å². The Hall–Kier alpha value is -1.40. The van der Waals surface area contributed by atoms with Gasteiger partial charge >= 0.3 is 0 Å². The lowest BCUT2D eigenvalue weighted by atomic mass is 9.86. The van der Waals surface area contributed by atoms with Crippen molar-refractivity contribution in [1.82, 2.24) is 4.90 Å². The molecule has 0 aromatic heterocycles. The topological polar surface area (TPSA) is 78.9 Å². The minimum absolute atomic E-state index is 0.00221. The number of nitrogens with zero attached hydrogens (tertiary/aromatic N) is 2. The highest BCUT2D eigenvalue weighted by molar-refractivity contribution is 5.87. The van der Waals surface area contributed by atoms with Crippen molar-refractivity contribution in [2.45, 2.75) is 31.6 Å². The Kier molecular flexibility index (Phi) is 4.25. The SMILES string of the molecule is CN(CC(N)=NO)C(=O)C1CCC(F)(F)CC1. The molecule has 1 amide bonds. The van der Waals surface area contributed by atoms with Crippen LogP contribution in [0.1, 0.15) is 25.7 Å². The number of carbonyl (C=O) groups is 1. The molecule has 0 bridgehead atoms. The molecule has 1 aliphatic carbocycles. The van der Waals surface area contributed by atoms with Crippen LogP contribution in [-0.2, 0) is 4.79 Å². The minimum atomic E-state index is -2.64. The number of likely N-dealkylation sites (N-methyl/N-ethyl adjacent to an activating group) is 1. The smallest absolute Gasteiger partial charge is 0.248 e. The summed E-state index contributed by atoms with van der Waals surface area (Å²) in [6, 6.07) is 0. The summed E-state index contributed by atoms with van der Waals surface area (Å²) in [5, 5.41) is 11.1. The first kappa shape index (κ1) is 13.7. The molecule has 1 saturated carbocycles. The monoisotopic (exact) mass is 249 g/mol. The van der Waals surface area contributed by atoms with E-state index >= 15 is 0 Å². The molecule has 1 fully saturated rings. The molecule has 17 heavy (non-hydrogen) atoms. The van der Waals surface area contributed by atoms with Gasteiger partial charge in [0.2, 0.25) is 11.8 Å². The number of hydrogen-bond donors (Lipinski definition) is 2. The summed E-state index contributed by atoms with van der Waals surface area (Å²) < 4.78 is 25.8. The van der Waals surface area contributed by atoms with Crippen LogP contribution in [0.2, 0.25) is 0 Å². The van der Waals surface area contributed by atoms with Crippen LogP contribution in [0.4, 0.5) is 8.78 Å². The third-order valence-corrected chi connectivity index (χ3v) is 2.97. The first-order valence-corrected chi connectivity index (χ1v) is 5.45. The van der Waals surface area contributed by atoms with Crippen molar-refractivity contribution < 1.29 is 18.8 Å². The number of halogens is 2. The van der Waals surface area contributed by atoms with E-state index in [0.29, 0.717) is 0 Å². The Morgan fingerprint density at radius 1 is 1.53 bits per heavy atom. The van der Waals surface area contributed by atoms with Crippen molar-refractivity contribution in [3.8, 4) is 0 Å². The second-order valence-corrected chi connectivity index (χ2v) is 4.42. The predicted molar refractivity (Wildman–Crippen MR) is 58.0 cm³/mol. The number of oxime groups is 1.